The van der Waals surface area contributed by atoms with E-state index in [0.29, 0.717) is 5.56 Å². The van der Waals surface area contributed by atoms with Crippen LogP contribution in [0.25, 0.3) is 0 Å². The van der Waals surface area contributed by atoms with Crippen molar-refractivity contribution in [3.05, 3.63) is 65.5 Å². The molecule has 1 aliphatic heterocycles. The predicted octanol–water partition coefficient (Wildman–Crippen LogP) is 2.18. The summed E-state index contributed by atoms with van der Waals surface area (Å²) in [6, 6.07) is 11.2. The lowest BCUT2D eigenvalue weighted by Crippen LogP contribution is -2.50. The topological polar surface area (TPSA) is 74.8 Å². The standard InChI is InChI=1S/C19H19FN2O4S/c1-14(23)15-5-7-18(8-6-15)27(25,26)22-11-9-21(10-12-22)19(24)16-3-2-4-17(20)13-16/h2-8,13H,9-12H2,1H3. The average Bonchev–Trinajstić information content (AvgIpc) is 2.67. The van der Waals surface area contributed by atoms with E-state index in [-0.39, 0.29) is 48.3 Å². The fourth-order valence-corrected chi connectivity index (χ4v) is 4.37. The molecule has 0 atom stereocenters. The van der Waals surface area contributed by atoms with Crippen LogP contribution in [0.3, 0.4) is 0 Å². The predicted molar refractivity (Wildman–Crippen MR) is 97.5 cm³/mol. The Kier molecular flexibility index (Phi) is 5.38. The highest BCUT2D eigenvalue weighted by Gasteiger charge is 2.30. The maximum atomic E-state index is 13.3. The van der Waals surface area contributed by atoms with Crippen LogP contribution in [-0.4, -0.2) is 55.5 Å². The van der Waals surface area contributed by atoms with Crippen LogP contribution in [0, 0.1) is 5.82 Å². The van der Waals surface area contributed by atoms with E-state index >= 15 is 0 Å². The highest BCUT2D eigenvalue weighted by molar-refractivity contribution is 7.89. The van der Waals surface area contributed by atoms with Gasteiger partial charge in [0.1, 0.15) is 5.82 Å². The van der Waals surface area contributed by atoms with E-state index in [1.807, 2.05) is 0 Å². The zero-order valence-electron chi connectivity index (χ0n) is 14.8. The lowest BCUT2D eigenvalue weighted by atomic mass is 10.2. The van der Waals surface area contributed by atoms with Crippen molar-refractivity contribution in [2.75, 3.05) is 26.2 Å². The number of hydrogen-bond donors (Lipinski definition) is 0. The van der Waals surface area contributed by atoms with Gasteiger partial charge in [-0.2, -0.15) is 4.31 Å². The molecule has 0 aliphatic carbocycles. The fraction of sp³-hybridized carbons (Fsp3) is 0.263. The summed E-state index contributed by atoms with van der Waals surface area (Å²) in [5, 5.41) is 0. The summed E-state index contributed by atoms with van der Waals surface area (Å²) in [4.78, 5) is 25.4. The van der Waals surface area contributed by atoms with Gasteiger partial charge in [-0.15, -0.1) is 0 Å². The summed E-state index contributed by atoms with van der Waals surface area (Å²) in [7, 11) is -3.70. The van der Waals surface area contributed by atoms with Crippen molar-refractivity contribution in [1.29, 1.82) is 0 Å². The van der Waals surface area contributed by atoms with Gasteiger partial charge < -0.3 is 4.90 Å². The van der Waals surface area contributed by atoms with E-state index in [4.69, 9.17) is 0 Å². The molecule has 1 heterocycles. The molecule has 2 aromatic carbocycles. The van der Waals surface area contributed by atoms with Crippen LogP contribution in [0.2, 0.25) is 0 Å². The Morgan fingerprint density at radius 3 is 2.11 bits per heavy atom. The first kappa shape index (κ1) is 19.2. The summed E-state index contributed by atoms with van der Waals surface area (Å²) in [6.07, 6.45) is 0. The van der Waals surface area contributed by atoms with Gasteiger partial charge in [-0.3, -0.25) is 9.59 Å². The molecule has 0 spiro atoms. The van der Waals surface area contributed by atoms with Crippen LogP contribution in [0.15, 0.2) is 53.4 Å². The maximum absolute atomic E-state index is 13.3. The summed E-state index contributed by atoms with van der Waals surface area (Å²) >= 11 is 0. The van der Waals surface area contributed by atoms with E-state index in [1.54, 1.807) is 0 Å². The molecule has 1 fully saturated rings. The highest BCUT2D eigenvalue weighted by Crippen LogP contribution is 2.19. The molecule has 2 aromatic rings. The van der Waals surface area contributed by atoms with Gasteiger partial charge in [-0.05, 0) is 37.3 Å². The van der Waals surface area contributed by atoms with Crippen molar-refractivity contribution in [1.82, 2.24) is 9.21 Å². The second kappa shape index (κ2) is 7.58. The van der Waals surface area contributed by atoms with E-state index in [9.17, 15) is 22.4 Å². The van der Waals surface area contributed by atoms with Crippen LogP contribution in [0.1, 0.15) is 27.6 Å². The molecule has 27 heavy (non-hydrogen) atoms. The van der Waals surface area contributed by atoms with Gasteiger partial charge in [0, 0.05) is 37.3 Å². The summed E-state index contributed by atoms with van der Waals surface area (Å²) in [5.74, 6) is -0.947. The molecule has 142 valence electrons. The van der Waals surface area contributed by atoms with Crippen molar-refractivity contribution in [2.24, 2.45) is 0 Å². The number of hydrogen-bond acceptors (Lipinski definition) is 4. The van der Waals surface area contributed by atoms with Crippen LogP contribution in [0.4, 0.5) is 4.39 Å². The molecule has 0 bridgehead atoms. The normalized spacial score (nSPS) is 15.6. The number of halogens is 1. The second-order valence-corrected chi connectivity index (χ2v) is 8.23. The Balaban J connectivity index is 1.69. The average molecular weight is 390 g/mol. The van der Waals surface area contributed by atoms with Gasteiger partial charge >= 0.3 is 0 Å². The number of benzene rings is 2. The Morgan fingerprint density at radius 2 is 1.56 bits per heavy atom. The highest BCUT2D eigenvalue weighted by atomic mass is 32.2. The van der Waals surface area contributed by atoms with Crippen molar-refractivity contribution >= 4 is 21.7 Å². The van der Waals surface area contributed by atoms with Crippen LogP contribution >= 0.6 is 0 Å². The Labute approximate surface area is 157 Å². The van der Waals surface area contributed by atoms with Gasteiger partial charge in [0.2, 0.25) is 10.0 Å². The largest absolute Gasteiger partial charge is 0.336 e. The van der Waals surface area contributed by atoms with Crippen molar-refractivity contribution in [2.45, 2.75) is 11.8 Å². The van der Waals surface area contributed by atoms with E-state index in [1.165, 1.54) is 64.7 Å². The first-order chi connectivity index (χ1) is 12.8. The Hall–Kier alpha value is -2.58. The number of nitrogens with zero attached hydrogens (tertiary/aromatic N) is 2. The van der Waals surface area contributed by atoms with E-state index < -0.39 is 15.8 Å². The number of carbonyl (C=O) groups excluding carboxylic acids is 2. The van der Waals surface area contributed by atoms with Gasteiger partial charge in [0.15, 0.2) is 5.78 Å². The molecule has 0 radical (unpaired) electrons. The number of sulfonamides is 1. The third kappa shape index (κ3) is 4.06. The van der Waals surface area contributed by atoms with Gasteiger partial charge in [0.05, 0.1) is 4.90 Å². The summed E-state index contributed by atoms with van der Waals surface area (Å²) in [5.41, 5.74) is 0.686. The van der Waals surface area contributed by atoms with Crippen LogP contribution < -0.4 is 0 Å². The van der Waals surface area contributed by atoms with Gasteiger partial charge in [-0.1, -0.05) is 18.2 Å². The van der Waals surface area contributed by atoms with Crippen molar-refractivity contribution < 1.29 is 22.4 Å². The van der Waals surface area contributed by atoms with Crippen LogP contribution in [-0.2, 0) is 10.0 Å². The SMILES string of the molecule is CC(=O)c1ccc(S(=O)(=O)N2CCN(C(=O)c3cccc(F)c3)CC2)cc1. The molecule has 3 rings (SSSR count). The monoisotopic (exact) mass is 390 g/mol. The molecule has 6 nitrogen and oxygen atoms in total. The minimum absolute atomic E-state index is 0.109. The molecule has 8 heteroatoms. The third-order valence-electron chi connectivity index (χ3n) is 4.50. The number of ketones is 1. The first-order valence-electron chi connectivity index (χ1n) is 8.45. The van der Waals surface area contributed by atoms with Crippen LogP contribution in [0.5, 0.6) is 0 Å². The maximum Gasteiger partial charge on any atom is 0.254 e. The number of rotatable bonds is 4. The lowest BCUT2D eigenvalue weighted by Gasteiger charge is -2.34. The fourth-order valence-electron chi connectivity index (χ4n) is 2.95. The number of Topliss-reactive ketones (excluding diaryl/α,β-unsaturated/α-hetero) is 1. The third-order valence-corrected chi connectivity index (χ3v) is 6.41. The Bertz CT molecular complexity index is 965. The smallest absolute Gasteiger partial charge is 0.254 e. The molecular formula is C19H19FN2O4S. The Morgan fingerprint density at radius 1 is 0.926 bits per heavy atom. The zero-order valence-corrected chi connectivity index (χ0v) is 15.6. The van der Waals surface area contributed by atoms with Crippen molar-refractivity contribution in [3.8, 4) is 0 Å². The molecule has 1 amide bonds. The molecule has 1 aliphatic rings. The summed E-state index contributed by atoms with van der Waals surface area (Å²) < 4.78 is 40.1. The molecule has 0 aromatic heterocycles. The number of piperazine rings is 1. The molecule has 1 saturated heterocycles. The number of carbonyl (C=O) groups is 2. The lowest BCUT2D eigenvalue weighted by molar-refractivity contribution is 0.0697. The molecule has 0 unspecified atom stereocenters. The minimum atomic E-state index is -3.70. The molecule has 0 N–H and O–H groups in total. The second-order valence-electron chi connectivity index (χ2n) is 6.29. The quantitative estimate of drug-likeness (QED) is 0.750. The first-order valence-corrected chi connectivity index (χ1v) is 9.89. The zero-order chi connectivity index (χ0) is 19.6. The molecular weight excluding hydrogens is 371 g/mol. The number of amides is 1. The minimum Gasteiger partial charge on any atom is -0.336 e. The van der Waals surface area contributed by atoms with Crippen molar-refractivity contribution in [3.63, 3.8) is 0 Å². The van der Waals surface area contributed by atoms with Gasteiger partial charge in [0.25, 0.3) is 5.91 Å². The van der Waals surface area contributed by atoms with Gasteiger partial charge in [-0.25, -0.2) is 12.8 Å². The van der Waals surface area contributed by atoms with E-state index in [0.717, 1.165) is 0 Å². The summed E-state index contributed by atoms with van der Waals surface area (Å²) in [6.45, 7) is 2.16. The molecule has 0 saturated carbocycles. The van der Waals surface area contributed by atoms with E-state index in [2.05, 4.69) is 0 Å².